The Morgan fingerprint density at radius 1 is 1.27 bits per heavy atom. The second-order valence-electron chi connectivity index (χ2n) is 4.79. The van der Waals surface area contributed by atoms with Crippen molar-refractivity contribution in [2.45, 2.75) is 32.6 Å². The second-order valence-corrected chi connectivity index (χ2v) is 4.79. The van der Waals surface area contributed by atoms with Crippen LogP contribution in [0.1, 0.15) is 38.2 Å². The average molecular weight is 206 g/mol. The lowest BCUT2D eigenvalue weighted by Gasteiger charge is -2.43. The highest BCUT2D eigenvalue weighted by atomic mass is 16.3. The van der Waals surface area contributed by atoms with Gasteiger partial charge in [-0.3, -0.25) is 4.79 Å². The summed E-state index contributed by atoms with van der Waals surface area (Å²) in [6.45, 7) is 4.46. The van der Waals surface area contributed by atoms with Gasteiger partial charge in [-0.05, 0) is 29.7 Å². The summed E-state index contributed by atoms with van der Waals surface area (Å²) < 4.78 is 0. The fraction of sp³-hybridized carbons (Fsp3) is 0.462. The summed E-state index contributed by atoms with van der Waals surface area (Å²) in [6.07, 6.45) is 2.72. The quantitative estimate of drug-likeness (QED) is 0.716. The standard InChI is InChI=1S/C12H16.CH2O2/c1-12(2)8-11(9-12)10-6-4-3-5-7-10;2-1-3/h3-7,11H,8-9H2,1-2H3;1H,(H,2,3). The molecular weight excluding hydrogens is 188 g/mol. The normalized spacial score (nSPS) is 18.3. The molecule has 1 aliphatic carbocycles. The third-order valence-electron chi connectivity index (χ3n) is 2.87. The number of carbonyl (C=O) groups is 1. The highest BCUT2D eigenvalue weighted by Crippen LogP contribution is 2.50. The maximum absolute atomic E-state index is 8.36. The van der Waals surface area contributed by atoms with Gasteiger partial charge >= 0.3 is 0 Å². The Hall–Kier alpha value is -1.31. The van der Waals surface area contributed by atoms with E-state index in [9.17, 15) is 0 Å². The van der Waals surface area contributed by atoms with E-state index < -0.39 is 0 Å². The van der Waals surface area contributed by atoms with Crippen LogP contribution in [-0.2, 0) is 4.79 Å². The maximum Gasteiger partial charge on any atom is 0.290 e. The summed E-state index contributed by atoms with van der Waals surface area (Å²) in [5, 5.41) is 6.89. The van der Waals surface area contributed by atoms with Gasteiger partial charge in [0.05, 0.1) is 0 Å². The Kier molecular flexibility index (Phi) is 3.89. The summed E-state index contributed by atoms with van der Waals surface area (Å²) in [7, 11) is 0. The number of hydrogen-bond donors (Lipinski definition) is 1. The number of benzene rings is 1. The molecular formula is C13H18O2. The van der Waals surface area contributed by atoms with Crippen LogP contribution < -0.4 is 0 Å². The van der Waals surface area contributed by atoms with E-state index in [1.165, 1.54) is 18.4 Å². The van der Waals surface area contributed by atoms with E-state index in [4.69, 9.17) is 9.90 Å². The van der Waals surface area contributed by atoms with Crippen LogP contribution in [0.15, 0.2) is 30.3 Å². The molecule has 82 valence electrons. The first-order valence-electron chi connectivity index (χ1n) is 5.22. The largest absolute Gasteiger partial charge is 0.483 e. The van der Waals surface area contributed by atoms with Crippen LogP contribution in [0.4, 0.5) is 0 Å². The van der Waals surface area contributed by atoms with Crippen molar-refractivity contribution in [1.82, 2.24) is 0 Å². The molecule has 2 rings (SSSR count). The van der Waals surface area contributed by atoms with Gasteiger partial charge in [-0.1, -0.05) is 44.2 Å². The van der Waals surface area contributed by atoms with Crippen LogP contribution in [0.3, 0.4) is 0 Å². The van der Waals surface area contributed by atoms with E-state index >= 15 is 0 Å². The van der Waals surface area contributed by atoms with Crippen molar-refractivity contribution in [2.24, 2.45) is 5.41 Å². The monoisotopic (exact) mass is 206 g/mol. The Labute approximate surface area is 90.9 Å². The van der Waals surface area contributed by atoms with Crippen LogP contribution in [0.5, 0.6) is 0 Å². The van der Waals surface area contributed by atoms with E-state index in [1.54, 1.807) is 0 Å². The van der Waals surface area contributed by atoms with Crippen molar-refractivity contribution in [3.05, 3.63) is 35.9 Å². The number of rotatable bonds is 1. The van der Waals surface area contributed by atoms with E-state index in [0.29, 0.717) is 5.41 Å². The molecule has 1 saturated carbocycles. The van der Waals surface area contributed by atoms with E-state index in [0.717, 1.165) is 5.92 Å². The van der Waals surface area contributed by atoms with Gasteiger partial charge in [0, 0.05) is 0 Å². The summed E-state index contributed by atoms with van der Waals surface area (Å²) in [5.41, 5.74) is 2.12. The van der Waals surface area contributed by atoms with E-state index in [2.05, 4.69) is 44.2 Å². The summed E-state index contributed by atoms with van der Waals surface area (Å²) in [4.78, 5) is 8.36. The Morgan fingerprint density at radius 3 is 2.13 bits per heavy atom. The molecule has 1 aliphatic rings. The molecule has 0 amide bonds. The molecule has 1 N–H and O–H groups in total. The van der Waals surface area contributed by atoms with Crippen LogP contribution in [0.2, 0.25) is 0 Å². The van der Waals surface area contributed by atoms with Gasteiger partial charge in [0.1, 0.15) is 0 Å². The van der Waals surface area contributed by atoms with E-state index in [1.807, 2.05) is 0 Å². The summed E-state index contributed by atoms with van der Waals surface area (Å²) in [6, 6.07) is 10.9. The van der Waals surface area contributed by atoms with Crippen LogP contribution >= 0.6 is 0 Å². The average Bonchev–Trinajstić information content (AvgIpc) is 2.17. The van der Waals surface area contributed by atoms with Gasteiger partial charge in [0.25, 0.3) is 6.47 Å². The van der Waals surface area contributed by atoms with Gasteiger partial charge in [0.2, 0.25) is 0 Å². The zero-order valence-corrected chi connectivity index (χ0v) is 9.31. The van der Waals surface area contributed by atoms with Gasteiger partial charge in [-0.15, -0.1) is 0 Å². The zero-order chi connectivity index (χ0) is 11.3. The molecule has 1 fully saturated rings. The van der Waals surface area contributed by atoms with Crippen LogP contribution in [0.25, 0.3) is 0 Å². The topological polar surface area (TPSA) is 37.3 Å². The first-order chi connectivity index (χ1) is 7.09. The van der Waals surface area contributed by atoms with Gasteiger partial charge in [0.15, 0.2) is 0 Å². The lowest BCUT2D eigenvalue weighted by atomic mass is 9.62. The van der Waals surface area contributed by atoms with Crippen LogP contribution in [0, 0.1) is 5.41 Å². The number of carboxylic acid groups (broad SMARTS) is 1. The molecule has 1 aromatic carbocycles. The molecule has 0 spiro atoms. The Bertz CT molecular complexity index is 296. The van der Waals surface area contributed by atoms with Crippen molar-refractivity contribution >= 4 is 6.47 Å². The first kappa shape index (κ1) is 11.8. The molecule has 1 aromatic rings. The fourth-order valence-electron chi connectivity index (χ4n) is 2.24. The molecule has 2 nitrogen and oxygen atoms in total. The lowest BCUT2D eigenvalue weighted by molar-refractivity contribution is -0.122. The lowest BCUT2D eigenvalue weighted by Crippen LogP contribution is -2.29. The maximum atomic E-state index is 8.36. The first-order valence-corrected chi connectivity index (χ1v) is 5.22. The highest BCUT2D eigenvalue weighted by molar-refractivity contribution is 5.32. The van der Waals surface area contributed by atoms with E-state index in [-0.39, 0.29) is 6.47 Å². The predicted molar refractivity (Wildman–Crippen MR) is 60.9 cm³/mol. The Balaban J connectivity index is 0.000000337. The molecule has 0 atom stereocenters. The van der Waals surface area contributed by atoms with Crippen molar-refractivity contribution in [3.8, 4) is 0 Å². The Morgan fingerprint density at radius 2 is 1.73 bits per heavy atom. The van der Waals surface area contributed by atoms with Crippen molar-refractivity contribution in [1.29, 1.82) is 0 Å². The van der Waals surface area contributed by atoms with Crippen molar-refractivity contribution in [2.75, 3.05) is 0 Å². The SMILES string of the molecule is CC1(C)CC(c2ccccc2)C1.O=CO. The third-order valence-corrected chi connectivity index (χ3v) is 2.87. The fourth-order valence-corrected chi connectivity index (χ4v) is 2.24. The molecule has 0 bridgehead atoms. The minimum atomic E-state index is -0.250. The van der Waals surface area contributed by atoms with Gasteiger partial charge in [-0.25, -0.2) is 0 Å². The number of hydrogen-bond acceptors (Lipinski definition) is 1. The van der Waals surface area contributed by atoms with Gasteiger partial charge in [-0.2, -0.15) is 0 Å². The zero-order valence-electron chi connectivity index (χ0n) is 9.31. The molecule has 0 heterocycles. The summed E-state index contributed by atoms with van der Waals surface area (Å²) >= 11 is 0. The molecule has 0 aromatic heterocycles. The minimum Gasteiger partial charge on any atom is -0.483 e. The molecule has 0 radical (unpaired) electrons. The molecule has 0 saturated heterocycles. The predicted octanol–water partition coefficient (Wildman–Crippen LogP) is 3.29. The van der Waals surface area contributed by atoms with Crippen LogP contribution in [-0.4, -0.2) is 11.6 Å². The minimum absolute atomic E-state index is 0.250. The molecule has 15 heavy (non-hydrogen) atoms. The third kappa shape index (κ3) is 3.39. The molecule has 0 unspecified atom stereocenters. The molecule has 0 aliphatic heterocycles. The van der Waals surface area contributed by atoms with Gasteiger partial charge < -0.3 is 5.11 Å². The highest BCUT2D eigenvalue weighted by Gasteiger charge is 2.36. The smallest absolute Gasteiger partial charge is 0.290 e. The van der Waals surface area contributed by atoms with Crippen molar-refractivity contribution in [3.63, 3.8) is 0 Å². The second kappa shape index (κ2) is 4.96. The van der Waals surface area contributed by atoms with Crippen molar-refractivity contribution < 1.29 is 9.90 Å². The molecule has 2 heteroatoms. The summed E-state index contributed by atoms with van der Waals surface area (Å²) in [5.74, 6) is 0.834.